The van der Waals surface area contributed by atoms with Gasteiger partial charge in [0.05, 0.1) is 0 Å². The molecule has 6 rings (SSSR count). The molecule has 0 spiro atoms. The number of fused-ring (bicyclic) bond motifs is 1. The predicted molar refractivity (Wildman–Crippen MR) is 147 cm³/mol. The van der Waals surface area contributed by atoms with E-state index in [1.165, 1.54) is 12.8 Å². The topological polar surface area (TPSA) is 126 Å². The molecular formula is C27H31ClN8O3. The number of hydrogen-bond donors (Lipinski definition) is 1. The van der Waals surface area contributed by atoms with Crippen molar-refractivity contribution in [1.29, 1.82) is 0 Å². The van der Waals surface area contributed by atoms with Gasteiger partial charge in [-0.25, -0.2) is 14.8 Å². The molecule has 1 aliphatic carbocycles. The molecule has 12 heteroatoms. The number of anilines is 1. The Hall–Kier alpha value is -3.73. The second-order valence-corrected chi connectivity index (χ2v) is 11.4. The molecule has 1 amide bonds. The first-order valence-corrected chi connectivity index (χ1v) is 13.8. The van der Waals surface area contributed by atoms with Crippen molar-refractivity contribution in [2.45, 2.75) is 52.1 Å². The first kappa shape index (κ1) is 25.5. The highest BCUT2D eigenvalue weighted by atomic mass is 35.5. The van der Waals surface area contributed by atoms with Gasteiger partial charge in [0, 0.05) is 36.8 Å². The molecule has 2 aliphatic rings. The second kappa shape index (κ2) is 10.1. The summed E-state index contributed by atoms with van der Waals surface area (Å²) in [5.74, 6) is 1.54. The van der Waals surface area contributed by atoms with Crippen molar-refractivity contribution >= 4 is 34.6 Å². The largest absolute Gasteiger partial charge is 0.439 e. The zero-order valence-electron chi connectivity index (χ0n) is 22.2. The molecule has 4 heterocycles. The Morgan fingerprint density at radius 3 is 2.62 bits per heavy atom. The van der Waals surface area contributed by atoms with E-state index < -0.39 is 5.76 Å². The predicted octanol–water partition coefficient (Wildman–Crippen LogP) is 3.98. The van der Waals surface area contributed by atoms with Crippen LogP contribution in [0.5, 0.6) is 0 Å². The van der Waals surface area contributed by atoms with Crippen molar-refractivity contribution in [1.82, 2.24) is 34.6 Å². The van der Waals surface area contributed by atoms with E-state index in [1.807, 2.05) is 31.3 Å². The zero-order chi connectivity index (χ0) is 27.3. The lowest BCUT2D eigenvalue weighted by atomic mass is 9.83. The van der Waals surface area contributed by atoms with Gasteiger partial charge in [0.2, 0.25) is 23.5 Å². The third-order valence-corrected chi connectivity index (χ3v) is 8.20. The first-order valence-electron chi connectivity index (χ1n) is 13.4. The van der Waals surface area contributed by atoms with E-state index in [4.69, 9.17) is 31.1 Å². The SMILES string of the molecule is C[C@@H]1CN(C)C(=O)CN1c1nc2nc(-c3noc(=O)[nH]3)nc(-c3cccc(Cl)c3)c2n1C[C@H]1CC[C@H](C)CC1. The highest BCUT2D eigenvalue weighted by molar-refractivity contribution is 6.30. The number of carbonyl (C=O) groups is 1. The summed E-state index contributed by atoms with van der Waals surface area (Å²) < 4.78 is 6.92. The van der Waals surface area contributed by atoms with Gasteiger partial charge in [-0.1, -0.05) is 48.7 Å². The van der Waals surface area contributed by atoms with E-state index in [0.29, 0.717) is 34.8 Å². The van der Waals surface area contributed by atoms with Crippen LogP contribution in [0.15, 0.2) is 33.6 Å². The molecule has 2 fully saturated rings. The van der Waals surface area contributed by atoms with Crippen LogP contribution >= 0.6 is 11.6 Å². The Kier molecular flexibility index (Phi) is 6.62. The number of hydrogen-bond acceptors (Lipinski definition) is 8. The summed E-state index contributed by atoms with van der Waals surface area (Å²) >= 11 is 6.40. The number of likely N-dealkylation sites (N-methyl/N-ethyl adjacent to an activating group) is 1. The minimum absolute atomic E-state index is 0.0419. The molecule has 0 unspecified atom stereocenters. The third kappa shape index (κ3) is 4.91. The van der Waals surface area contributed by atoms with Gasteiger partial charge in [-0.15, -0.1) is 0 Å². The van der Waals surface area contributed by atoms with Crippen molar-refractivity contribution in [3.63, 3.8) is 0 Å². The van der Waals surface area contributed by atoms with Crippen molar-refractivity contribution in [3.05, 3.63) is 39.8 Å². The average molecular weight is 551 g/mol. The van der Waals surface area contributed by atoms with E-state index in [1.54, 1.807) is 4.90 Å². The summed E-state index contributed by atoms with van der Waals surface area (Å²) in [5, 5.41) is 4.38. The number of H-pyrrole nitrogens is 1. The fourth-order valence-electron chi connectivity index (χ4n) is 5.74. The highest BCUT2D eigenvalue weighted by Gasteiger charge is 2.33. The number of carbonyl (C=O) groups excluding carboxylic acids is 1. The molecule has 204 valence electrons. The number of aromatic nitrogens is 6. The first-order chi connectivity index (χ1) is 18.8. The van der Waals surface area contributed by atoms with Gasteiger partial charge in [-0.05, 0) is 43.7 Å². The van der Waals surface area contributed by atoms with Crippen LogP contribution in [0.4, 0.5) is 5.95 Å². The van der Waals surface area contributed by atoms with E-state index in [-0.39, 0.29) is 30.1 Å². The smallest absolute Gasteiger partial charge is 0.342 e. The van der Waals surface area contributed by atoms with Crippen molar-refractivity contribution in [3.8, 4) is 22.9 Å². The number of nitrogens with one attached hydrogen (secondary N) is 1. The maximum absolute atomic E-state index is 12.8. The number of aromatic amines is 1. The van der Waals surface area contributed by atoms with E-state index >= 15 is 0 Å². The van der Waals surface area contributed by atoms with Gasteiger partial charge in [-0.3, -0.25) is 14.3 Å². The number of piperazine rings is 1. The zero-order valence-corrected chi connectivity index (χ0v) is 23.0. The van der Waals surface area contributed by atoms with Gasteiger partial charge < -0.3 is 14.4 Å². The van der Waals surface area contributed by atoms with E-state index in [9.17, 15) is 9.59 Å². The van der Waals surface area contributed by atoms with Gasteiger partial charge >= 0.3 is 5.76 Å². The average Bonchev–Trinajstić information content (AvgIpc) is 3.50. The Labute approximate surface area is 230 Å². The number of amides is 1. The number of imidazole rings is 1. The van der Waals surface area contributed by atoms with E-state index in [2.05, 4.69) is 33.5 Å². The molecule has 11 nitrogen and oxygen atoms in total. The highest BCUT2D eigenvalue weighted by Crippen LogP contribution is 2.37. The Bertz CT molecular complexity index is 1590. The van der Waals surface area contributed by atoms with Gasteiger partial charge in [-0.2, -0.15) is 4.98 Å². The summed E-state index contributed by atoms with van der Waals surface area (Å²) in [4.78, 5) is 45.4. The number of nitrogens with zero attached hydrogens (tertiary/aromatic N) is 7. The number of rotatable bonds is 5. The summed E-state index contributed by atoms with van der Waals surface area (Å²) in [6, 6.07) is 7.52. The van der Waals surface area contributed by atoms with Crippen molar-refractivity contribution < 1.29 is 9.32 Å². The molecule has 3 aromatic heterocycles. The molecule has 0 radical (unpaired) electrons. The van der Waals surface area contributed by atoms with Gasteiger partial charge in [0.25, 0.3) is 0 Å². The number of benzene rings is 1. The quantitative estimate of drug-likeness (QED) is 0.395. The molecule has 1 saturated heterocycles. The second-order valence-electron chi connectivity index (χ2n) is 10.9. The molecule has 1 saturated carbocycles. The molecule has 1 aliphatic heterocycles. The molecule has 1 aromatic carbocycles. The fourth-order valence-corrected chi connectivity index (χ4v) is 5.93. The summed E-state index contributed by atoms with van der Waals surface area (Å²) in [7, 11) is 1.83. The van der Waals surface area contributed by atoms with Crippen LogP contribution < -0.4 is 10.7 Å². The lowest BCUT2D eigenvalue weighted by Crippen LogP contribution is -2.54. The van der Waals surface area contributed by atoms with Crippen LogP contribution in [-0.2, 0) is 11.3 Å². The monoisotopic (exact) mass is 550 g/mol. The van der Waals surface area contributed by atoms with Crippen LogP contribution in [0.3, 0.4) is 0 Å². The maximum atomic E-state index is 12.8. The standard InChI is InChI=1S/C27H31ClN8O3/c1-15-7-9-17(10-8-15)13-36-22-21(18-5-4-6-19(28)11-18)29-24(25-32-27(38)39-33-25)30-23(22)31-26(36)35-14-20(37)34(3)12-16(35)2/h4-6,11,15-17H,7-10,12-14H2,1-3H3,(H,32,33,38)/t15-,16-,17-/m1/s1. The number of halogens is 1. The fraction of sp³-hybridized carbons (Fsp3) is 0.481. The minimum Gasteiger partial charge on any atom is -0.342 e. The summed E-state index contributed by atoms with van der Waals surface area (Å²) in [6.45, 7) is 5.98. The molecule has 1 N–H and O–H groups in total. The van der Waals surface area contributed by atoms with Crippen LogP contribution in [0, 0.1) is 11.8 Å². The molecule has 0 bridgehead atoms. The third-order valence-electron chi connectivity index (χ3n) is 7.97. The van der Waals surface area contributed by atoms with Crippen LogP contribution in [0.1, 0.15) is 39.5 Å². The van der Waals surface area contributed by atoms with Crippen LogP contribution in [0.2, 0.25) is 5.02 Å². The normalized spacial score (nSPS) is 22.2. The van der Waals surface area contributed by atoms with Gasteiger partial charge in [0.1, 0.15) is 17.8 Å². The van der Waals surface area contributed by atoms with Crippen LogP contribution in [0.25, 0.3) is 34.1 Å². The van der Waals surface area contributed by atoms with Crippen molar-refractivity contribution in [2.24, 2.45) is 11.8 Å². The van der Waals surface area contributed by atoms with Crippen LogP contribution in [-0.4, -0.2) is 66.6 Å². The molecular weight excluding hydrogens is 520 g/mol. The molecule has 39 heavy (non-hydrogen) atoms. The van der Waals surface area contributed by atoms with Crippen molar-refractivity contribution in [2.75, 3.05) is 25.0 Å². The lowest BCUT2D eigenvalue weighted by Gasteiger charge is -2.38. The Morgan fingerprint density at radius 1 is 1.10 bits per heavy atom. The Morgan fingerprint density at radius 2 is 1.90 bits per heavy atom. The molecule has 4 aromatic rings. The summed E-state index contributed by atoms with van der Waals surface area (Å²) in [6.07, 6.45) is 4.64. The van der Waals surface area contributed by atoms with E-state index in [0.717, 1.165) is 36.4 Å². The Balaban J connectivity index is 1.58. The maximum Gasteiger partial charge on any atom is 0.439 e. The summed E-state index contributed by atoms with van der Waals surface area (Å²) in [5.41, 5.74) is 2.63. The minimum atomic E-state index is -0.694. The lowest BCUT2D eigenvalue weighted by molar-refractivity contribution is -0.130. The molecule has 1 atom stereocenters. The van der Waals surface area contributed by atoms with Gasteiger partial charge in [0.15, 0.2) is 5.65 Å².